The number of fused-ring (bicyclic) bond motifs is 1. The molecule has 1 amide bonds. The average Bonchev–Trinajstić information content (AvgIpc) is 3.16. The van der Waals surface area contributed by atoms with Crippen LogP contribution in [0.25, 0.3) is 5.52 Å². The van der Waals surface area contributed by atoms with Gasteiger partial charge in [-0.05, 0) is 37.5 Å². The fraction of sp³-hybridized carbons (Fsp3) is 0.435. The number of quaternary nitrogens is 1. The van der Waals surface area contributed by atoms with Crippen molar-refractivity contribution in [3.63, 3.8) is 0 Å². The first kappa shape index (κ1) is 20.3. The first-order valence-corrected chi connectivity index (χ1v) is 10.8. The number of nitrogens with zero attached hydrogens (tertiary/aromatic N) is 4. The molecule has 0 aliphatic heterocycles. The van der Waals surface area contributed by atoms with Crippen LogP contribution in [0.3, 0.4) is 0 Å². The van der Waals surface area contributed by atoms with Crippen molar-refractivity contribution in [2.45, 2.75) is 45.1 Å². The third-order valence-corrected chi connectivity index (χ3v) is 6.64. The molecule has 7 heteroatoms. The Labute approximate surface area is 177 Å². The second kappa shape index (κ2) is 8.07. The average molecular weight is 408 g/mol. The Bertz CT molecular complexity index is 1060. The number of aromatic nitrogens is 3. The maximum atomic E-state index is 12.1. The van der Waals surface area contributed by atoms with Crippen LogP contribution in [0.2, 0.25) is 0 Å². The molecular formula is C23H31N6O+. The van der Waals surface area contributed by atoms with Gasteiger partial charge in [-0.3, -0.25) is 9.28 Å². The third kappa shape index (κ3) is 3.65. The molecule has 0 spiro atoms. The lowest BCUT2D eigenvalue weighted by Crippen LogP contribution is -2.55. The highest BCUT2D eigenvalue weighted by atomic mass is 16.1. The number of hydrogen-bond acceptors (Lipinski definition) is 4. The van der Waals surface area contributed by atoms with Crippen molar-refractivity contribution >= 4 is 28.7 Å². The Balaban J connectivity index is 1.73. The monoisotopic (exact) mass is 407 g/mol. The minimum absolute atomic E-state index is 0.379. The molecule has 4 rings (SSSR count). The third-order valence-electron chi connectivity index (χ3n) is 6.64. The molecule has 2 unspecified atom stereocenters. The summed E-state index contributed by atoms with van der Waals surface area (Å²) >= 11 is 0. The van der Waals surface area contributed by atoms with Gasteiger partial charge in [-0.25, -0.2) is 4.52 Å². The molecule has 1 fully saturated rings. The van der Waals surface area contributed by atoms with Gasteiger partial charge in [-0.1, -0.05) is 19.4 Å². The maximum absolute atomic E-state index is 12.1. The minimum atomic E-state index is -0.498. The zero-order chi connectivity index (χ0) is 21.3. The minimum Gasteiger partial charge on any atom is -0.365 e. The van der Waals surface area contributed by atoms with Gasteiger partial charge in [0.05, 0.1) is 43.1 Å². The zero-order valence-electron chi connectivity index (χ0n) is 18.0. The molecule has 7 nitrogen and oxygen atoms in total. The fourth-order valence-corrected chi connectivity index (χ4v) is 4.91. The Morgan fingerprint density at radius 3 is 2.80 bits per heavy atom. The molecule has 0 radical (unpaired) electrons. The number of carbonyl (C=O) groups is 1. The molecule has 1 saturated carbocycles. The number of anilines is 2. The van der Waals surface area contributed by atoms with E-state index < -0.39 is 5.91 Å². The normalized spacial score (nSPS) is 19.7. The molecule has 3 aromatic rings. The van der Waals surface area contributed by atoms with Crippen molar-refractivity contribution in [3.05, 3.63) is 48.3 Å². The van der Waals surface area contributed by atoms with E-state index in [1.54, 1.807) is 16.8 Å². The quantitative estimate of drug-likeness (QED) is 0.602. The van der Waals surface area contributed by atoms with Crippen LogP contribution in [0.5, 0.6) is 0 Å². The topological polar surface area (TPSA) is 85.3 Å². The van der Waals surface area contributed by atoms with E-state index in [9.17, 15) is 4.79 Å². The standard InChI is InChI=1S/C23H30N6O/c1-4-16-9-5-6-11-20(16)29(2,3)21-13-12-17(22(24)30)23(27-21)26-18-15-25-28-14-8-7-10-19(18)28/h7-8,10,12-16,20H,4-6,9,11H2,1-3H3,(H2-,24,26,27,30)/p+1. The highest BCUT2D eigenvalue weighted by Gasteiger charge is 2.39. The summed E-state index contributed by atoms with van der Waals surface area (Å²) in [5, 5.41) is 7.67. The van der Waals surface area contributed by atoms with Crippen LogP contribution in [0, 0.1) is 5.92 Å². The van der Waals surface area contributed by atoms with Gasteiger partial charge < -0.3 is 11.1 Å². The highest BCUT2D eigenvalue weighted by Crippen LogP contribution is 2.37. The van der Waals surface area contributed by atoms with E-state index in [0.29, 0.717) is 27.8 Å². The van der Waals surface area contributed by atoms with E-state index >= 15 is 0 Å². The molecule has 0 bridgehead atoms. The first-order valence-electron chi connectivity index (χ1n) is 10.8. The van der Waals surface area contributed by atoms with Crippen molar-refractivity contribution in [1.29, 1.82) is 0 Å². The van der Waals surface area contributed by atoms with Gasteiger partial charge in [0.25, 0.3) is 5.91 Å². The van der Waals surface area contributed by atoms with Gasteiger partial charge in [0.2, 0.25) is 5.82 Å². The van der Waals surface area contributed by atoms with Crippen molar-refractivity contribution in [3.8, 4) is 0 Å². The molecule has 2 atom stereocenters. The van der Waals surface area contributed by atoms with E-state index in [2.05, 4.69) is 31.4 Å². The lowest BCUT2D eigenvalue weighted by Gasteiger charge is -2.43. The van der Waals surface area contributed by atoms with Gasteiger partial charge in [0.15, 0.2) is 0 Å². The van der Waals surface area contributed by atoms with E-state index in [1.165, 1.54) is 32.1 Å². The molecule has 30 heavy (non-hydrogen) atoms. The van der Waals surface area contributed by atoms with Gasteiger partial charge in [0, 0.05) is 24.6 Å². The summed E-state index contributed by atoms with van der Waals surface area (Å²) in [5.41, 5.74) is 7.73. The number of carbonyl (C=O) groups excluding carboxylic acids is 1. The summed E-state index contributed by atoms with van der Waals surface area (Å²) in [6.45, 7) is 2.28. The number of pyridine rings is 2. The molecule has 3 N–H and O–H groups in total. The van der Waals surface area contributed by atoms with Gasteiger partial charge >= 0.3 is 0 Å². The predicted molar refractivity (Wildman–Crippen MR) is 121 cm³/mol. The molecule has 1 aliphatic carbocycles. The molecule has 3 heterocycles. The van der Waals surface area contributed by atoms with Crippen LogP contribution >= 0.6 is 0 Å². The largest absolute Gasteiger partial charge is 0.365 e. The van der Waals surface area contributed by atoms with E-state index in [0.717, 1.165) is 17.0 Å². The Hall–Kier alpha value is -2.93. The zero-order valence-corrected chi connectivity index (χ0v) is 18.0. The number of amides is 1. The Kier molecular flexibility index (Phi) is 5.47. The summed E-state index contributed by atoms with van der Waals surface area (Å²) in [6.07, 6.45) is 9.84. The molecule has 0 aromatic carbocycles. The van der Waals surface area contributed by atoms with Gasteiger partial charge in [-0.15, -0.1) is 0 Å². The van der Waals surface area contributed by atoms with E-state index in [1.807, 2.05) is 30.5 Å². The number of nitrogens with two attached hydrogens (primary N) is 1. The van der Waals surface area contributed by atoms with Crippen LogP contribution in [-0.4, -0.2) is 40.6 Å². The molecule has 158 valence electrons. The van der Waals surface area contributed by atoms with Crippen molar-refractivity contribution in [2.75, 3.05) is 19.4 Å². The smallest absolute Gasteiger partial charge is 0.252 e. The second-order valence-electron chi connectivity index (χ2n) is 8.70. The van der Waals surface area contributed by atoms with Crippen molar-refractivity contribution < 1.29 is 4.79 Å². The lowest BCUT2D eigenvalue weighted by molar-refractivity contribution is 0.100. The Morgan fingerprint density at radius 1 is 1.23 bits per heavy atom. The summed E-state index contributed by atoms with van der Waals surface area (Å²) < 4.78 is 2.48. The van der Waals surface area contributed by atoms with Crippen molar-refractivity contribution in [1.82, 2.24) is 19.1 Å². The van der Waals surface area contributed by atoms with Crippen molar-refractivity contribution in [2.24, 2.45) is 11.7 Å². The Morgan fingerprint density at radius 2 is 2.03 bits per heavy atom. The van der Waals surface area contributed by atoms with Crippen LogP contribution in [0.1, 0.15) is 49.4 Å². The number of nitrogens with one attached hydrogen (secondary N) is 1. The van der Waals surface area contributed by atoms with Gasteiger partial charge in [0.1, 0.15) is 5.82 Å². The fourth-order valence-electron chi connectivity index (χ4n) is 4.91. The lowest BCUT2D eigenvalue weighted by atomic mass is 9.81. The van der Waals surface area contributed by atoms with E-state index in [-0.39, 0.29) is 0 Å². The number of rotatable bonds is 6. The van der Waals surface area contributed by atoms with Crippen LogP contribution in [0.15, 0.2) is 42.7 Å². The molecule has 0 saturated heterocycles. The number of primary amides is 1. The predicted octanol–water partition coefficient (Wildman–Crippen LogP) is 4.11. The maximum Gasteiger partial charge on any atom is 0.252 e. The van der Waals surface area contributed by atoms with Gasteiger partial charge in [-0.2, -0.15) is 10.1 Å². The summed E-state index contributed by atoms with van der Waals surface area (Å²) in [6, 6.07) is 10.1. The second-order valence-corrected chi connectivity index (χ2v) is 8.70. The van der Waals surface area contributed by atoms with Crippen LogP contribution in [-0.2, 0) is 0 Å². The highest BCUT2D eigenvalue weighted by molar-refractivity contribution is 5.99. The van der Waals surface area contributed by atoms with Crippen LogP contribution in [0.4, 0.5) is 17.3 Å². The first-order chi connectivity index (χ1) is 14.4. The molecule has 3 aromatic heterocycles. The summed E-state index contributed by atoms with van der Waals surface area (Å²) in [5.74, 6) is 1.60. The summed E-state index contributed by atoms with van der Waals surface area (Å²) in [4.78, 5) is 17.0. The molecular weight excluding hydrogens is 376 g/mol. The molecule has 1 aliphatic rings. The summed E-state index contributed by atoms with van der Waals surface area (Å²) in [7, 11) is 4.45. The van der Waals surface area contributed by atoms with Crippen LogP contribution < -0.4 is 15.5 Å². The van der Waals surface area contributed by atoms with E-state index in [4.69, 9.17) is 10.7 Å². The number of hydrogen-bond donors (Lipinski definition) is 2. The SMILES string of the molecule is CCC1CCCCC1[N+](C)(C)c1ccc(C(N)=O)c(Nc2cnn3ccccc23)n1.